The highest BCUT2D eigenvalue weighted by molar-refractivity contribution is 5.86. The quantitative estimate of drug-likeness (QED) is 0.813. The number of nitrogens with zero attached hydrogens (tertiary/aromatic N) is 2. The third-order valence-electron chi connectivity index (χ3n) is 4.95. The molecule has 1 fully saturated rings. The molecule has 0 bridgehead atoms. The van der Waals surface area contributed by atoms with Gasteiger partial charge in [0.1, 0.15) is 11.5 Å². The summed E-state index contributed by atoms with van der Waals surface area (Å²) in [5.74, 6) is 0.0237. The van der Waals surface area contributed by atoms with Crippen molar-refractivity contribution in [1.82, 2.24) is 20.7 Å². The molecular formula is C20H32N4O4. The van der Waals surface area contributed by atoms with Gasteiger partial charge < -0.3 is 20.1 Å². The number of rotatable bonds is 4. The Balaban J connectivity index is 1.96. The standard InChI is InChI=1S/C20H32N4O4/c1-13-9-16(23-28-13)11-21-18(26)14-7-6-8-15(12-24(5)17(25)10-14)22-19(27)20(2,3)4/h9,14-15H,6-8,10-12H2,1-5H3,(H,21,26)(H,22,27)/t14-,15-/m1/s1. The molecule has 1 aromatic rings. The summed E-state index contributed by atoms with van der Waals surface area (Å²) in [4.78, 5) is 39.1. The molecule has 0 aromatic carbocycles. The van der Waals surface area contributed by atoms with Gasteiger partial charge in [0, 0.05) is 43.5 Å². The van der Waals surface area contributed by atoms with E-state index >= 15 is 0 Å². The third kappa shape index (κ3) is 6.35. The average molecular weight is 393 g/mol. The van der Waals surface area contributed by atoms with Crippen molar-refractivity contribution in [2.75, 3.05) is 13.6 Å². The Morgan fingerprint density at radius 2 is 2.04 bits per heavy atom. The van der Waals surface area contributed by atoms with Crippen molar-refractivity contribution in [2.45, 2.75) is 66.0 Å². The van der Waals surface area contributed by atoms with Crippen LogP contribution >= 0.6 is 0 Å². The summed E-state index contributed by atoms with van der Waals surface area (Å²) < 4.78 is 5.00. The highest BCUT2D eigenvalue weighted by atomic mass is 16.5. The molecule has 0 aliphatic carbocycles. The summed E-state index contributed by atoms with van der Waals surface area (Å²) in [6.07, 6.45) is 2.26. The lowest BCUT2D eigenvalue weighted by atomic mass is 9.94. The summed E-state index contributed by atoms with van der Waals surface area (Å²) in [5.41, 5.74) is 0.172. The number of aromatic nitrogens is 1. The first-order valence-corrected chi connectivity index (χ1v) is 9.81. The third-order valence-corrected chi connectivity index (χ3v) is 4.95. The van der Waals surface area contributed by atoms with Crippen LogP contribution in [0.15, 0.2) is 10.6 Å². The molecule has 156 valence electrons. The number of hydrogen-bond donors (Lipinski definition) is 2. The van der Waals surface area contributed by atoms with Gasteiger partial charge in [-0.15, -0.1) is 0 Å². The highest BCUT2D eigenvalue weighted by Gasteiger charge is 2.29. The van der Waals surface area contributed by atoms with Crippen LogP contribution in [-0.4, -0.2) is 47.4 Å². The van der Waals surface area contributed by atoms with Crippen molar-refractivity contribution < 1.29 is 18.9 Å². The van der Waals surface area contributed by atoms with Crippen LogP contribution in [0.5, 0.6) is 0 Å². The Morgan fingerprint density at radius 1 is 1.32 bits per heavy atom. The molecule has 0 unspecified atom stereocenters. The van der Waals surface area contributed by atoms with Crippen LogP contribution < -0.4 is 10.6 Å². The molecule has 28 heavy (non-hydrogen) atoms. The Bertz CT molecular complexity index is 707. The Labute approximate surface area is 166 Å². The van der Waals surface area contributed by atoms with Gasteiger partial charge >= 0.3 is 0 Å². The van der Waals surface area contributed by atoms with Crippen LogP contribution in [0.3, 0.4) is 0 Å². The minimum absolute atomic E-state index is 0.0326. The second-order valence-corrected chi connectivity index (χ2v) is 8.67. The van der Waals surface area contributed by atoms with Gasteiger partial charge in [-0.1, -0.05) is 32.3 Å². The number of likely N-dealkylation sites (N-methyl/N-ethyl adjacent to an activating group) is 1. The van der Waals surface area contributed by atoms with Crippen molar-refractivity contribution in [2.24, 2.45) is 11.3 Å². The van der Waals surface area contributed by atoms with Gasteiger partial charge in [-0.05, 0) is 19.8 Å². The van der Waals surface area contributed by atoms with E-state index in [1.54, 1.807) is 24.9 Å². The molecule has 2 N–H and O–H groups in total. The minimum atomic E-state index is -0.483. The van der Waals surface area contributed by atoms with E-state index in [4.69, 9.17) is 4.52 Å². The van der Waals surface area contributed by atoms with Crippen molar-refractivity contribution >= 4 is 17.7 Å². The van der Waals surface area contributed by atoms with Gasteiger partial charge in [-0.3, -0.25) is 14.4 Å². The molecule has 0 saturated carbocycles. The molecule has 8 heteroatoms. The maximum Gasteiger partial charge on any atom is 0.225 e. The van der Waals surface area contributed by atoms with Gasteiger partial charge in [-0.25, -0.2) is 0 Å². The number of hydrogen-bond acceptors (Lipinski definition) is 5. The Hall–Kier alpha value is -2.38. The largest absolute Gasteiger partial charge is 0.361 e. The van der Waals surface area contributed by atoms with E-state index in [0.717, 1.165) is 12.8 Å². The Kier molecular flexibility index (Phi) is 7.21. The maximum atomic E-state index is 12.6. The molecule has 1 saturated heterocycles. The second kappa shape index (κ2) is 9.21. The molecule has 1 aliphatic heterocycles. The lowest BCUT2D eigenvalue weighted by Gasteiger charge is -2.27. The smallest absolute Gasteiger partial charge is 0.225 e. The van der Waals surface area contributed by atoms with Crippen LogP contribution in [0.4, 0.5) is 0 Å². The van der Waals surface area contributed by atoms with E-state index in [1.165, 1.54) is 0 Å². The van der Waals surface area contributed by atoms with Crippen molar-refractivity contribution in [3.63, 3.8) is 0 Å². The highest BCUT2D eigenvalue weighted by Crippen LogP contribution is 2.20. The van der Waals surface area contributed by atoms with Gasteiger partial charge in [0.05, 0.1) is 6.54 Å². The SMILES string of the molecule is Cc1cc(CNC(=O)[C@@H]2CCC[C@@H](NC(=O)C(C)(C)C)CN(C)C(=O)C2)no1. The van der Waals surface area contributed by atoms with E-state index in [-0.39, 0.29) is 42.6 Å². The van der Waals surface area contributed by atoms with Gasteiger partial charge in [0.2, 0.25) is 17.7 Å². The van der Waals surface area contributed by atoms with Crippen LogP contribution in [0.1, 0.15) is 57.9 Å². The summed E-state index contributed by atoms with van der Waals surface area (Å²) in [7, 11) is 1.72. The second-order valence-electron chi connectivity index (χ2n) is 8.67. The van der Waals surface area contributed by atoms with Gasteiger partial charge in [0.15, 0.2) is 0 Å². The molecule has 2 rings (SSSR count). The van der Waals surface area contributed by atoms with Crippen LogP contribution in [0.25, 0.3) is 0 Å². The summed E-state index contributed by atoms with van der Waals surface area (Å²) in [6, 6.07) is 1.66. The Morgan fingerprint density at radius 3 is 2.64 bits per heavy atom. The van der Waals surface area contributed by atoms with Crippen molar-refractivity contribution in [1.29, 1.82) is 0 Å². The first-order valence-electron chi connectivity index (χ1n) is 9.81. The first-order chi connectivity index (χ1) is 13.1. The molecular weight excluding hydrogens is 360 g/mol. The van der Waals surface area contributed by atoms with E-state index in [2.05, 4.69) is 15.8 Å². The maximum absolute atomic E-state index is 12.6. The normalized spacial score (nSPS) is 21.5. The van der Waals surface area contributed by atoms with E-state index in [0.29, 0.717) is 24.4 Å². The summed E-state index contributed by atoms with van der Waals surface area (Å²) >= 11 is 0. The zero-order chi connectivity index (χ0) is 20.9. The monoisotopic (exact) mass is 392 g/mol. The predicted octanol–water partition coefficient (Wildman–Crippen LogP) is 1.78. The van der Waals surface area contributed by atoms with E-state index < -0.39 is 5.41 Å². The molecule has 0 radical (unpaired) electrons. The molecule has 0 spiro atoms. The summed E-state index contributed by atoms with van der Waals surface area (Å²) in [6.45, 7) is 8.11. The number of nitrogens with one attached hydrogen (secondary N) is 2. The van der Waals surface area contributed by atoms with E-state index in [1.807, 2.05) is 20.8 Å². The molecule has 1 aromatic heterocycles. The van der Waals surface area contributed by atoms with Crippen molar-refractivity contribution in [3.05, 3.63) is 17.5 Å². The molecule has 8 nitrogen and oxygen atoms in total. The van der Waals surface area contributed by atoms with Crippen LogP contribution in [0, 0.1) is 18.3 Å². The molecule has 1 aliphatic rings. The van der Waals surface area contributed by atoms with Gasteiger partial charge in [0.25, 0.3) is 0 Å². The number of amides is 3. The number of carbonyl (C=O) groups is 3. The predicted molar refractivity (Wildman–Crippen MR) is 104 cm³/mol. The van der Waals surface area contributed by atoms with Crippen LogP contribution in [0.2, 0.25) is 0 Å². The lowest BCUT2D eigenvalue weighted by molar-refractivity contribution is -0.136. The lowest BCUT2D eigenvalue weighted by Crippen LogP contribution is -2.47. The number of aryl methyl sites for hydroxylation is 1. The summed E-state index contributed by atoms with van der Waals surface area (Å²) in [5, 5.41) is 9.75. The fourth-order valence-corrected chi connectivity index (χ4v) is 3.17. The molecule has 2 atom stereocenters. The van der Waals surface area contributed by atoms with Crippen molar-refractivity contribution in [3.8, 4) is 0 Å². The zero-order valence-electron chi connectivity index (χ0n) is 17.5. The fourth-order valence-electron chi connectivity index (χ4n) is 3.17. The van der Waals surface area contributed by atoms with Gasteiger partial charge in [-0.2, -0.15) is 0 Å². The number of carbonyl (C=O) groups excluding carboxylic acids is 3. The average Bonchev–Trinajstić information content (AvgIpc) is 3.04. The first kappa shape index (κ1) is 21.9. The molecule has 3 amide bonds. The zero-order valence-corrected chi connectivity index (χ0v) is 17.5. The topological polar surface area (TPSA) is 105 Å². The van der Waals surface area contributed by atoms with Crippen LogP contribution in [-0.2, 0) is 20.9 Å². The van der Waals surface area contributed by atoms with E-state index in [9.17, 15) is 14.4 Å². The fraction of sp³-hybridized carbons (Fsp3) is 0.700. The minimum Gasteiger partial charge on any atom is -0.361 e. The molecule has 2 heterocycles.